The van der Waals surface area contributed by atoms with Crippen LogP contribution in [0.15, 0.2) is 0 Å². The molecule has 46 valence electrons. The maximum absolute atomic E-state index is 9.43. The first-order chi connectivity index (χ1) is 3.68. The zero-order chi connectivity index (χ0) is 6.99. The second-order valence-corrected chi connectivity index (χ2v) is 1.29. The molecule has 0 heterocycles. The summed E-state index contributed by atoms with van der Waals surface area (Å²) in [5.74, 6) is 0. The minimum atomic E-state index is 0.750. The molecule has 0 aromatic carbocycles. The summed E-state index contributed by atoms with van der Waals surface area (Å²) < 4.78 is 0. The van der Waals surface area contributed by atoms with Gasteiger partial charge in [0.1, 0.15) is 0 Å². The van der Waals surface area contributed by atoms with Gasteiger partial charge in [-0.3, -0.25) is 4.79 Å². The maximum atomic E-state index is 9.43. The monoisotopic (exact) mass is 114 g/mol. The molecule has 3 heteroatoms. The first-order valence-corrected chi connectivity index (χ1v) is 2.11. The van der Waals surface area contributed by atoms with Crippen LogP contribution in [0, 0.1) is 11.3 Å². The first kappa shape index (κ1) is 10.0. The van der Waals surface area contributed by atoms with E-state index in [-0.39, 0.29) is 0 Å². The van der Waals surface area contributed by atoms with Crippen molar-refractivity contribution in [3.63, 3.8) is 0 Å². The molecule has 0 spiro atoms. The minimum Gasteiger partial charge on any atom is -0.351 e. The van der Waals surface area contributed by atoms with Crippen molar-refractivity contribution in [2.24, 2.45) is 0 Å². The van der Waals surface area contributed by atoms with Gasteiger partial charge in [-0.05, 0) is 0 Å². The second-order valence-electron chi connectivity index (χ2n) is 1.29. The summed E-state index contributed by atoms with van der Waals surface area (Å²) >= 11 is 0. The van der Waals surface area contributed by atoms with E-state index in [1.807, 2.05) is 0 Å². The lowest BCUT2D eigenvalue weighted by Crippen LogP contribution is -2.06. The average molecular weight is 114 g/mol. The van der Waals surface area contributed by atoms with E-state index in [9.17, 15) is 4.79 Å². The van der Waals surface area contributed by atoms with E-state index in [1.165, 1.54) is 11.8 Å². The van der Waals surface area contributed by atoms with E-state index in [0.29, 0.717) is 0 Å². The van der Waals surface area contributed by atoms with Crippen LogP contribution >= 0.6 is 0 Å². The molecule has 0 aliphatic carbocycles. The Morgan fingerprint density at radius 1 is 1.62 bits per heavy atom. The van der Waals surface area contributed by atoms with Gasteiger partial charge in [0.05, 0.1) is 6.07 Å². The van der Waals surface area contributed by atoms with Crippen molar-refractivity contribution in [1.82, 2.24) is 4.90 Å². The van der Waals surface area contributed by atoms with Crippen LogP contribution in [0.4, 0.5) is 0 Å². The summed E-state index contributed by atoms with van der Waals surface area (Å²) in [5, 5.41) is 7.32. The molecule has 0 aliphatic rings. The van der Waals surface area contributed by atoms with Gasteiger partial charge >= 0.3 is 0 Å². The number of nitriles is 1. The summed E-state index contributed by atoms with van der Waals surface area (Å²) in [6.07, 6.45) is 0.750. The lowest BCUT2D eigenvalue weighted by atomic mass is 11.0. The lowest BCUT2D eigenvalue weighted by Gasteiger charge is -1.93. The number of rotatable bonds is 1. The Hall–Kier alpha value is -1.04. The highest BCUT2D eigenvalue weighted by Crippen LogP contribution is 1.52. The van der Waals surface area contributed by atoms with Gasteiger partial charge in [0.2, 0.25) is 6.41 Å². The third kappa shape index (κ3) is 84.4. The van der Waals surface area contributed by atoms with Crippen molar-refractivity contribution in [3.05, 3.63) is 0 Å². The van der Waals surface area contributed by atoms with Gasteiger partial charge in [0.15, 0.2) is 0 Å². The summed E-state index contributed by atoms with van der Waals surface area (Å²) in [4.78, 5) is 10.9. The standard InChI is InChI=1S/C3H7NO.C2H3N/c1-4(2)3-5;1-2-3/h3H,1-2H3;1H3. The molecule has 0 N–H and O–H groups in total. The first-order valence-electron chi connectivity index (χ1n) is 2.11. The van der Waals surface area contributed by atoms with Crippen LogP contribution in [0.5, 0.6) is 0 Å². The highest BCUT2D eigenvalue weighted by atomic mass is 16.1. The Bertz CT molecular complexity index is 82.9. The van der Waals surface area contributed by atoms with Gasteiger partial charge < -0.3 is 4.90 Å². The zero-order valence-electron chi connectivity index (χ0n) is 5.38. The third-order valence-corrected chi connectivity index (χ3v) is 0.211. The largest absolute Gasteiger partial charge is 0.351 e. The van der Waals surface area contributed by atoms with Crippen LogP contribution in [0.2, 0.25) is 0 Å². The number of hydrogen-bond acceptors (Lipinski definition) is 2. The molecule has 8 heavy (non-hydrogen) atoms. The topological polar surface area (TPSA) is 44.1 Å². The fourth-order valence-electron chi connectivity index (χ4n) is 0. The number of carbonyl (C=O) groups excluding carboxylic acids is 1. The molecule has 0 unspecified atom stereocenters. The van der Waals surface area contributed by atoms with E-state index in [0.717, 1.165) is 6.41 Å². The highest BCUT2D eigenvalue weighted by Gasteiger charge is 1.68. The van der Waals surface area contributed by atoms with Crippen molar-refractivity contribution >= 4 is 6.41 Å². The van der Waals surface area contributed by atoms with Gasteiger partial charge in [-0.15, -0.1) is 0 Å². The van der Waals surface area contributed by atoms with E-state index in [1.54, 1.807) is 20.2 Å². The van der Waals surface area contributed by atoms with Gasteiger partial charge in [0, 0.05) is 21.0 Å². The smallest absolute Gasteiger partial charge is 0.209 e. The number of carbonyl (C=O) groups is 1. The average Bonchev–Trinajstić information content (AvgIpc) is 1.69. The zero-order valence-corrected chi connectivity index (χ0v) is 5.38. The molecule has 1 amide bonds. The quantitative estimate of drug-likeness (QED) is 0.458. The van der Waals surface area contributed by atoms with Crippen molar-refractivity contribution in [1.29, 1.82) is 5.26 Å². The van der Waals surface area contributed by atoms with Crippen LogP contribution in [0.3, 0.4) is 0 Å². The summed E-state index contributed by atoms with van der Waals surface area (Å²) in [6.45, 7) is 1.43. The Morgan fingerprint density at radius 3 is 1.75 bits per heavy atom. The fourth-order valence-corrected chi connectivity index (χ4v) is 0. The molecule has 0 aliphatic heterocycles. The number of nitrogens with zero attached hydrogens (tertiary/aromatic N) is 2. The molecule has 0 fully saturated rings. The molecule has 0 atom stereocenters. The Kier molecular flexibility index (Phi) is 11.7. The van der Waals surface area contributed by atoms with Crippen LogP contribution in [-0.2, 0) is 4.79 Å². The second kappa shape index (κ2) is 9.35. The van der Waals surface area contributed by atoms with Crippen LogP contribution < -0.4 is 0 Å². The van der Waals surface area contributed by atoms with Crippen molar-refractivity contribution in [2.45, 2.75) is 6.92 Å². The highest BCUT2D eigenvalue weighted by molar-refractivity contribution is 5.45. The van der Waals surface area contributed by atoms with Crippen molar-refractivity contribution in [2.75, 3.05) is 14.1 Å². The van der Waals surface area contributed by atoms with Crippen molar-refractivity contribution in [3.8, 4) is 6.07 Å². The predicted octanol–water partition coefficient (Wildman–Crippen LogP) is 0.234. The molecule has 3 nitrogen and oxygen atoms in total. The molecule has 0 rings (SSSR count). The summed E-state index contributed by atoms with van der Waals surface area (Å²) in [6, 6.07) is 1.75. The molecule has 0 bridgehead atoms. The lowest BCUT2D eigenvalue weighted by molar-refractivity contribution is -0.115. The Labute approximate surface area is 49.5 Å². The van der Waals surface area contributed by atoms with Gasteiger partial charge in [0.25, 0.3) is 0 Å². The van der Waals surface area contributed by atoms with Crippen molar-refractivity contribution < 1.29 is 4.79 Å². The number of hydrogen-bond donors (Lipinski definition) is 0. The van der Waals surface area contributed by atoms with Crippen LogP contribution in [0.1, 0.15) is 6.92 Å². The molecular formula is C5H10N2O. The fraction of sp³-hybridized carbons (Fsp3) is 0.600. The molecular weight excluding hydrogens is 104 g/mol. The summed E-state index contributed by atoms with van der Waals surface area (Å²) in [5.41, 5.74) is 0. The van der Waals surface area contributed by atoms with E-state index in [2.05, 4.69) is 0 Å². The molecule has 0 radical (unpaired) electrons. The van der Waals surface area contributed by atoms with Gasteiger partial charge in [-0.25, -0.2) is 0 Å². The molecule has 0 aromatic rings. The SMILES string of the molecule is CC#N.CN(C)C=O. The third-order valence-electron chi connectivity index (χ3n) is 0.211. The number of amides is 1. The molecule has 0 saturated heterocycles. The maximum Gasteiger partial charge on any atom is 0.209 e. The molecule has 0 saturated carbocycles. The molecule has 0 aromatic heterocycles. The normalized spacial score (nSPS) is 5.25. The Morgan fingerprint density at radius 2 is 1.75 bits per heavy atom. The van der Waals surface area contributed by atoms with Gasteiger partial charge in [-0.2, -0.15) is 5.26 Å². The van der Waals surface area contributed by atoms with E-state index < -0.39 is 0 Å². The minimum absolute atomic E-state index is 0.750. The predicted molar refractivity (Wildman–Crippen MR) is 31.0 cm³/mol. The van der Waals surface area contributed by atoms with Gasteiger partial charge in [-0.1, -0.05) is 0 Å². The Balaban J connectivity index is 0. The van der Waals surface area contributed by atoms with E-state index >= 15 is 0 Å². The van der Waals surface area contributed by atoms with Crippen LogP contribution in [-0.4, -0.2) is 25.4 Å². The summed E-state index contributed by atoms with van der Waals surface area (Å²) in [7, 11) is 3.38. The van der Waals surface area contributed by atoms with Crippen LogP contribution in [0.25, 0.3) is 0 Å². The van der Waals surface area contributed by atoms with E-state index in [4.69, 9.17) is 5.26 Å².